The Balaban J connectivity index is 1.64. The number of ether oxygens (including phenoxy) is 1. The molecule has 0 aliphatic carbocycles. The quantitative estimate of drug-likeness (QED) is 0.571. The molecule has 1 fully saturated rings. The van der Waals surface area contributed by atoms with E-state index >= 15 is 0 Å². The van der Waals surface area contributed by atoms with Crippen LogP contribution in [0.3, 0.4) is 0 Å². The molecule has 2 aromatic rings. The van der Waals surface area contributed by atoms with Crippen LogP contribution in [0.15, 0.2) is 41.1 Å². The highest BCUT2D eigenvalue weighted by Gasteiger charge is 2.26. The van der Waals surface area contributed by atoms with Crippen molar-refractivity contribution in [3.8, 4) is 6.01 Å². The predicted molar refractivity (Wildman–Crippen MR) is 92.4 cm³/mol. The fraction of sp³-hybridized carbons (Fsp3) is 0.312. The molecular weight excluding hydrogens is 392 g/mol. The maximum Gasteiger partial charge on any atom is 0.316 e. The van der Waals surface area contributed by atoms with Gasteiger partial charge in [-0.15, -0.1) is 0 Å². The number of nitrogens with zero attached hydrogens (tertiary/aromatic N) is 4. The monoisotopic (exact) mass is 406 g/mol. The molecule has 1 aromatic carbocycles. The lowest BCUT2D eigenvalue weighted by Gasteiger charge is -2.32. The fourth-order valence-corrected chi connectivity index (χ4v) is 2.84. The van der Waals surface area contributed by atoms with Gasteiger partial charge in [0.2, 0.25) is 0 Å². The molecule has 0 bridgehead atoms. The second-order valence-corrected chi connectivity index (χ2v) is 6.54. The first-order chi connectivity index (χ1) is 12.0. The van der Waals surface area contributed by atoms with Crippen LogP contribution in [0.1, 0.15) is 23.2 Å². The first-order valence-electron chi connectivity index (χ1n) is 7.71. The lowest BCUT2D eigenvalue weighted by Crippen LogP contribution is -2.44. The summed E-state index contributed by atoms with van der Waals surface area (Å²) in [6.07, 6.45) is 4.64. The van der Waals surface area contributed by atoms with E-state index in [1.807, 2.05) is 0 Å². The van der Waals surface area contributed by atoms with Crippen LogP contribution in [-0.4, -0.2) is 44.9 Å². The number of nitro groups is 1. The molecule has 1 atom stereocenters. The van der Waals surface area contributed by atoms with Gasteiger partial charge < -0.3 is 9.64 Å². The lowest BCUT2D eigenvalue weighted by atomic mass is 10.1. The highest BCUT2D eigenvalue weighted by Crippen LogP contribution is 2.19. The SMILES string of the molecule is O=C(c1ccc([N+](=O)[O-])cc1)N1CCCC(Oc2ncc(Br)cn2)C1. The minimum absolute atomic E-state index is 0.0382. The third-order valence-electron chi connectivity index (χ3n) is 3.86. The normalized spacial score (nSPS) is 17.2. The Labute approximate surface area is 152 Å². The van der Waals surface area contributed by atoms with Crippen molar-refractivity contribution in [3.05, 3.63) is 56.8 Å². The summed E-state index contributed by atoms with van der Waals surface area (Å²) in [5.74, 6) is -0.167. The number of amides is 1. The van der Waals surface area contributed by atoms with Crippen molar-refractivity contribution in [1.29, 1.82) is 0 Å². The number of non-ortho nitro benzene ring substituents is 1. The summed E-state index contributed by atoms with van der Waals surface area (Å²) in [5, 5.41) is 10.7. The standard InChI is InChI=1S/C16H15BrN4O4/c17-12-8-18-16(19-9-12)25-14-2-1-7-20(10-14)15(22)11-3-5-13(6-4-11)21(23)24/h3-6,8-9,14H,1-2,7,10H2. The van der Waals surface area contributed by atoms with E-state index in [1.165, 1.54) is 24.3 Å². The maximum atomic E-state index is 12.6. The average molecular weight is 407 g/mol. The van der Waals surface area contributed by atoms with Crippen molar-refractivity contribution in [2.45, 2.75) is 18.9 Å². The molecule has 1 unspecified atom stereocenters. The van der Waals surface area contributed by atoms with Crippen LogP contribution < -0.4 is 4.74 Å². The summed E-state index contributed by atoms with van der Waals surface area (Å²) in [4.78, 5) is 32.6. The Hall–Kier alpha value is -2.55. The molecule has 1 saturated heterocycles. The molecule has 25 heavy (non-hydrogen) atoms. The van der Waals surface area contributed by atoms with Crippen LogP contribution >= 0.6 is 15.9 Å². The minimum Gasteiger partial charge on any atom is -0.458 e. The number of hydrogen-bond donors (Lipinski definition) is 0. The van der Waals surface area contributed by atoms with Crippen LogP contribution in [0, 0.1) is 10.1 Å². The van der Waals surface area contributed by atoms with Gasteiger partial charge in [-0.2, -0.15) is 0 Å². The van der Waals surface area contributed by atoms with Crippen LogP contribution in [0.5, 0.6) is 6.01 Å². The molecule has 1 aliphatic rings. The molecule has 0 saturated carbocycles. The second kappa shape index (κ2) is 7.56. The molecule has 1 aliphatic heterocycles. The second-order valence-electron chi connectivity index (χ2n) is 5.62. The molecule has 0 N–H and O–H groups in total. The molecular formula is C16H15BrN4O4. The topological polar surface area (TPSA) is 98.5 Å². The summed E-state index contributed by atoms with van der Waals surface area (Å²) in [6, 6.07) is 5.89. The number of carbonyl (C=O) groups excluding carboxylic acids is 1. The van der Waals surface area contributed by atoms with Crippen molar-refractivity contribution < 1.29 is 14.5 Å². The van der Waals surface area contributed by atoms with E-state index in [4.69, 9.17) is 4.74 Å². The number of nitro benzene ring substituents is 1. The van der Waals surface area contributed by atoms with Crippen molar-refractivity contribution in [1.82, 2.24) is 14.9 Å². The van der Waals surface area contributed by atoms with Crippen LogP contribution in [0.4, 0.5) is 5.69 Å². The molecule has 9 heteroatoms. The van der Waals surface area contributed by atoms with Crippen molar-refractivity contribution in [2.75, 3.05) is 13.1 Å². The summed E-state index contributed by atoms with van der Waals surface area (Å²) in [6.45, 7) is 1.05. The van der Waals surface area contributed by atoms with Crippen LogP contribution in [0.25, 0.3) is 0 Å². The third kappa shape index (κ3) is 4.30. The number of rotatable bonds is 4. The first kappa shape index (κ1) is 17.3. The molecule has 2 heterocycles. The smallest absolute Gasteiger partial charge is 0.316 e. The summed E-state index contributed by atoms with van der Waals surface area (Å²) in [5.41, 5.74) is 0.384. The van der Waals surface area contributed by atoms with Gasteiger partial charge >= 0.3 is 6.01 Å². The molecule has 1 aromatic heterocycles. The zero-order valence-corrected chi connectivity index (χ0v) is 14.8. The third-order valence-corrected chi connectivity index (χ3v) is 4.27. The van der Waals surface area contributed by atoms with E-state index in [2.05, 4.69) is 25.9 Å². The number of likely N-dealkylation sites (tertiary alicyclic amines) is 1. The number of aromatic nitrogens is 2. The maximum absolute atomic E-state index is 12.6. The zero-order chi connectivity index (χ0) is 17.8. The summed E-state index contributed by atoms with van der Waals surface area (Å²) in [7, 11) is 0. The Morgan fingerprint density at radius 1 is 1.28 bits per heavy atom. The van der Waals surface area contributed by atoms with Gasteiger partial charge in [0, 0.05) is 36.6 Å². The van der Waals surface area contributed by atoms with E-state index < -0.39 is 4.92 Å². The molecule has 130 valence electrons. The highest BCUT2D eigenvalue weighted by molar-refractivity contribution is 9.10. The summed E-state index contributed by atoms with van der Waals surface area (Å²) < 4.78 is 6.51. The number of benzene rings is 1. The average Bonchev–Trinajstić information content (AvgIpc) is 2.63. The largest absolute Gasteiger partial charge is 0.458 e. The zero-order valence-electron chi connectivity index (χ0n) is 13.2. The summed E-state index contributed by atoms with van der Waals surface area (Å²) >= 11 is 3.26. The van der Waals surface area contributed by atoms with E-state index in [-0.39, 0.29) is 23.7 Å². The van der Waals surface area contributed by atoms with Crippen LogP contribution in [-0.2, 0) is 0 Å². The van der Waals surface area contributed by atoms with Crippen molar-refractivity contribution in [3.63, 3.8) is 0 Å². The van der Waals surface area contributed by atoms with E-state index in [9.17, 15) is 14.9 Å². The Bertz CT molecular complexity index is 767. The van der Waals surface area contributed by atoms with E-state index in [0.29, 0.717) is 18.7 Å². The van der Waals surface area contributed by atoms with Gasteiger partial charge in [-0.05, 0) is 40.9 Å². The van der Waals surface area contributed by atoms with Crippen molar-refractivity contribution >= 4 is 27.5 Å². The van der Waals surface area contributed by atoms with Gasteiger partial charge in [0.25, 0.3) is 11.6 Å². The Kier molecular flexibility index (Phi) is 5.22. The minimum atomic E-state index is -0.489. The fourth-order valence-electron chi connectivity index (χ4n) is 2.64. The van der Waals surface area contributed by atoms with Gasteiger partial charge in [0.1, 0.15) is 6.10 Å². The molecule has 1 amide bonds. The predicted octanol–water partition coefficient (Wildman–Crippen LogP) is 2.83. The van der Waals surface area contributed by atoms with Gasteiger partial charge in [0.15, 0.2) is 0 Å². The van der Waals surface area contributed by atoms with Gasteiger partial charge in [-0.1, -0.05) is 0 Å². The Morgan fingerprint density at radius 2 is 1.96 bits per heavy atom. The van der Waals surface area contributed by atoms with Gasteiger partial charge in [-0.25, -0.2) is 9.97 Å². The van der Waals surface area contributed by atoms with E-state index in [0.717, 1.165) is 17.3 Å². The molecule has 8 nitrogen and oxygen atoms in total. The number of hydrogen-bond acceptors (Lipinski definition) is 6. The Morgan fingerprint density at radius 3 is 2.60 bits per heavy atom. The number of piperidine rings is 1. The van der Waals surface area contributed by atoms with Gasteiger partial charge in [0.05, 0.1) is 15.9 Å². The molecule has 0 spiro atoms. The van der Waals surface area contributed by atoms with Crippen molar-refractivity contribution in [2.24, 2.45) is 0 Å². The highest BCUT2D eigenvalue weighted by atomic mass is 79.9. The van der Waals surface area contributed by atoms with E-state index in [1.54, 1.807) is 17.3 Å². The number of carbonyl (C=O) groups is 1. The number of halogens is 1. The molecule has 3 rings (SSSR count). The van der Waals surface area contributed by atoms with Gasteiger partial charge in [-0.3, -0.25) is 14.9 Å². The molecule has 0 radical (unpaired) electrons. The van der Waals surface area contributed by atoms with Crippen LogP contribution in [0.2, 0.25) is 0 Å². The lowest BCUT2D eigenvalue weighted by molar-refractivity contribution is -0.384. The first-order valence-corrected chi connectivity index (χ1v) is 8.50.